The maximum absolute atomic E-state index is 10.3. The Morgan fingerprint density at radius 2 is 2.56 bits per heavy atom. The Bertz CT molecular complexity index is 97.1. The summed E-state index contributed by atoms with van der Waals surface area (Å²) in [7, 11) is 0. The zero-order valence-corrected chi connectivity index (χ0v) is 5.76. The molecule has 2 nitrogen and oxygen atoms in total. The van der Waals surface area contributed by atoms with E-state index in [1.54, 1.807) is 0 Å². The van der Waals surface area contributed by atoms with Crippen LogP contribution in [0.4, 0.5) is 0 Å². The molecule has 9 heavy (non-hydrogen) atoms. The van der Waals surface area contributed by atoms with Crippen molar-refractivity contribution >= 4 is 6.29 Å². The Kier molecular flexibility index (Phi) is 2.22. The molecule has 0 radical (unpaired) electrons. The van der Waals surface area contributed by atoms with Gasteiger partial charge >= 0.3 is 0 Å². The zero-order chi connectivity index (χ0) is 6.69. The molecule has 0 bridgehead atoms. The average Bonchev–Trinajstić information content (AvgIpc) is 2.37. The number of aldehydes is 1. The topological polar surface area (TPSA) is 29.1 Å². The molecule has 0 aromatic rings. The third kappa shape index (κ3) is 1.52. The predicted octanol–water partition coefficient (Wildman–Crippen LogP) is 0.431. The SMILES string of the molecule is CC(C=O)C1CCNC1. The maximum Gasteiger partial charge on any atom is 0.123 e. The first-order chi connectivity index (χ1) is 4.34. The van der Waals surface area contributed by atoms with Crippen molar-refractivity contribution in [3.8, 4) is 0 Å². The van der Waals surface area contributed by atoms with Crippen molar-refractivity contribution in [3.63, 3.8) is 0 Å². The minimum atomic E-state index is 0.250. The first kappa shape index (κ1) is 6.75. The van der Waals surface area contributed by atoms with Crippen LogP contribution < -0.4 is 5.32 Å². The van der Waals surface area contributed by atoms with Crippen LogP contribution in [0.5, 0.6) is 0 Å². The lowest BCUT2D eigenvalue weighted by Gasteiger charge is -2.09. The highest BCUT2D eigenvalue weighted by Crippen LogP contribution is 2.15. The molecule has 2 atom stereocenters. The molecule has 0 amide bonds. The summed E-state index contributed by atoms with van der Waals surface area (Å²) in [5, 5.41) is 3.23. The van der Waals surface area contributed by atoms with Crippen LogP contribution >= 0.6 is 0 Å². The normalized spacial score (nSPS) is 30.1. The monoisotopic (exact) mass is 127 g/mol. The van der Waals surface area contributed by atoms with E-state index in [0.717, 1.165) is 19.4 Å². The van der Waals surface area contributed by atoms with E-state index in [1.807, 2.05) is 6.92 Å². The third-order valence-electron chi connectivity index (χ3n) is 2.06. The lowest BCUT2D eigenvalue weighted by Crippen LogP contribution is -2.16. The molecule has 1 aliphatic rings. The van der Waals surface area contributed by atoms with Crippen molar-refractivity contribution in [3.05, 3.63) is 0 Å². The molecule has 0 aromatic heterocycles. The van der Waals surface area contributed by atoms with E-state index in [4.69, 9.17) is 0 Å². The molecule has 2 heteroatoms. The highest BCUT2D eigenvalue weighted by Gasteiger charge is 2.19. The molecular formula is C7H13NO. The van der Waals surface area contributed by atoms with Gasteiger partial charge in [-0.2, -0.15) is 0 Å². The molecule has 0 saturated carbocycles. The van der Waals surface area contributed by atoms with Crippen LogP contribution in [0.15, 0.2) is 0 Å². The zero-order valence-electron chi connectivity index (χ0n) is 5.76. The number of rotatable bonds is 2. The first-order valence-electron chi connectivity index (χ1n) is 3.50. The number of nitrogens with one attached hydrogen (secondary N) is 1. The van der Waals surface area contributed by atoms with Gasteiger partial charge in [-0.05, 0) is 25.4 Å². The fourth-order valence-corrected chi connectivity index (χ4v) is 1.24. The van der Waals surface area contributed by atoms with Crippen LogP contribution in [0.3, 0.4) is 0 Å². The summed E-state index contributed by atoms with van der Waals surface area (Å²) >= 11 is 0. The summed E-state index contributed by atoms with van der Waals surface area (Å²) < 4.78 is 0. The van der Waals surface area contributed by atoms with Gasteiger partial charge in [-0.1, -0.05) is 6.92 Å². The van der Waals surface area contributed by atoms with Crippen LogP contribution in [-0.2, 0) is 4.79 Å². The van der Waals surface area contributed by atoms with Gasteiger partial charge in [0, 0.05) is 5.92 Å². The van der Waals surface area contributed by atoms with E-state index in [1.165, 1.54) is 6.42 Å². The molecule has 1 rings (SSSR count). The summed E-state index contributed by atoms with van der Waals surface area (Å²) in [4.78, 5) is 10.3. The van der Waals surface area contributed by atoms with Crippen molar-refractivity contribution in [1.82, 2.24) is 5.32 Å². The Morgan fingerprint density at radius 3 is 3.00 bits per heavy atom. The molecule has 0 aliphatic carbocycles. The first-order valence-corrected chi connectivity index (χ1v) is 3.50. The quantitative estimate of drug-likeness (QED) is 0.545. The molecule has 1 saturated heterocycles. The molecule has 1 heterocycles. The van der Waals surface area contributed by atoms with Gasteiger partial charge < -0.3 is 10.1 Å². The van der Waals surface area contributed by atoms with Gasteiger partial charge in [0.15, 0.2) is 0 Å². The Morgan fingerprint density at radius 1 is 1.78 bits per heavy atom. The predicted molar refractivity (Wildman–Crippen MR) is 36.2 cm³/mol. The van der Waals surface area contributed by atoms with Gasteiger partial charge in [-0.15, -0.1) is 0 Å². The summed E-state index contributed by atoms with van der Waals surface area (Å²) in [5.74, 6) is 0.850. The fraction of sp³-hybridized carbons (Fsp3) is 0.857. The van der Waals surface area contributed by atoms with E-state index in [-0.39, 0.29) is 5.92 Å². The second kappa shape index (κ2) is 2.97. The minimum Gasteiger partial charge on any atom is -0.316 e. The molecule has 1 N–H and O–H groups in total. The van der Waals surface area contributed by atoms with Crippen molar-refractivity contribution in [1.29, 1.82) is 0 Å². The van der Waals surface area contributed by atoms with Crippen molar-refractivity contribution in [2.24, 2.45) is 11.8 Å². The van der Waals surface area contributed by atoms with Crippen LogP contribution in [0.25, 0.3) is 0 Å². The highest BCUT2D eigenvalue weighted by atomic mass is 16.1. The van der Waals surface area contributed by atoms with E-state index >= 15 is 0 Å². The van der Waals surface area contributed by atoms with Gasteiger partial charge in [0.05, 0.1) is 0 Å². The van der Waals surface area contributed by atoms with E-state index in [9.17, 15) is 4.79 Å². The molecule has 1 aliphatic heterocycles. The number of hydrogen-bond acceptors (Lipinski definition) is 2. The molecule has 0 aromatic carbocycles. The summed E-state index contributed by atoms with van der Waals surface area (Å²) in [6, 6.07) is 0. The van der Waals surface area contributed by atoms with Crippen molar-refractivity contribution in [2.45, 2.75) is 13.3 Å². The third-order valence-corrected chi connectivity index (χ3v) is 2.06. The molecule has 1 fully saturated rings. The highest BCUT2D eigenvalue weighted by molar-refractivity contribution is 5.53. The Hall–Kier alpha value is -0.370. The number of carbonyl (C=O) groups excluding carboxylic acids is 1. The largest absolute Gasteiger partial charge is 0.316 e. The average molecular weight is 127 g/mol. The van der Waals surface area contributed by atoms with Gasteiger partial charge in [-0.3, -0.25) is 0 Å². The van der Waals surface area contributed by atoms with Crippen LogP contribution in [0, 0.1) is 11.8 Å². The molecular weight excluding hydrogens is 114 g/mol. The number of carbonyl (C=O) groups is 1. The van der Waals surface area contributed by atoms with Crippen LogP contribution in [0.2, 0.25) is 0 Å². The van der Waals surface area contributed by atoms with Gasteiger partial charge in [0.2, 0.25) is 0 Å². The lowest BCUT2D eigenvalue weighted by molar-refractivity contribution is -0.111. The summed E-state index contributed by atoms with van der Waals surface area (Å²) in [6.07, 6.45) is 2.22. The minimum absolute atomic E-state index is 0.250. The maximum atomic E-state index is 10.3. The second-order valence-electron chi connectivity index (χ2n) is 2.75. The standard InChI is InChI=1S/C7H13NO/c1-6(5-9)7-2-3-8-4-7/h5-8H,2-4H2,1H3. The summed E-state index contributed by atoms with van der Waals surface area (Å²) in [6.45, 7) is 4.10. The number of hydrogen-bond donors (Lipinski definition) is 1. The smallest absolute Gasteiger partial charge is 0.123 e. The summed E-state index contributed by atoms with van der Waals surface area (Å²) in [5.41, 5.74) is 0. The van der Waals surface area contributed by atoms with Crippen molar-refractivity contribution in [2.75, 3.05) is 13.1 Å². The second-order valence-corrected chi connectivity index (χ2v) is 2.75. The Balaban J connectivity index is 2.32. The van der Waals surface area contributed by atoms with E-state index in [2.05, 4.69) is 5.32 Å². The van der Waals surface area contributed by atoms with Gasteiger partial charge in [-0.25, -0.2) is 0 Å². The van der Waals surface area contributed by atoms with E-state index < -0.39 is 0 Å². The molecule has 2 unspecified atom stereocenters. The van der Waals surface area contributed by atoms with E-state index in [0.29, 0.717) is 5.92 Å². The molecule has 52 valence electrons. The molecule has 0 spiro atoms. The van der Waals surface area contributed by atoms with Gasteiger partial charge in [0.25, 0.3) is 0 Å². The van der Waals surface area contributed by atoms with Gasteiger partial charge in [0.1, 0.15) is 6.29 Å². The van der Waals surface area contributed by atoms with Crippen molar-refractivity contribution < 1.29 is 4.79 Å². The fourth-order valence-electron chi connectivity index (χ4n) is 1.24. The Labute approximate surface area is 55.6 Å². The van der Waals surface area contributed by atoms with Crippen LogP contribution in [-0.4, -0.2) is 19.4 Å². The van der Waals surface area contributed by atoms with Crippen LogP contribution in [0.1, 0.15) is 13.3 Å². The lowest BCUT2D eigenvalue weighted by atomic mass is 9.95.